The summed E-state index contributed by atoms with van der Waals surface area (Å²) in [5.41, 5.74) is 6.07. The molecule has 5 heteroatoms. The summed E-state index contributed by atoms with van der Waals surface area (Å²) < 4.78 is 13.0. The monoisotopic (exact) mass is 279 g/mol. The molecule has 0 atom stereocenters. The average Bonchev–Trinajstić information content (AvgIpc) is 2.69. The Hall–Kier alpha value is -1.62. The number of carbonyl (C=O) groups is 1. The van der Waals surface area contributed by atoms with Gasteiger partial charge in [0.25, 0.3) is 0 Å². The number of halogens is 1. The van der Waals surface area contributed by atoms with Crippen LogP contribution in [0.5, 0.6) is 0 Å². The topological polar surface area (TPSA) is 58.4 Å². The van der Waals surface area contributed by atoms with E-state index in [-0.39, 0.29) is 11.6 Å². The number of benzene rings is 1. The van der Waals surface area contributed by atoms with Crippen molar-refractivity contribution in [3.8, 4) is 0 Å². The molecule has 1 aromatic carbocycles. The molecule has 3 N–H and O–H groups in total. The zero-order valence-electron chi connectivity index (χ0n) is 11.7. The maximum atomic E-state index is 13.0. The van der Waals surface area contributed by atoms with Crippen molar-refractivity contribution in [1.29, 1.82) is 0 Å². The number of nitrogens with two attached hydrogens (primary N) is 1. The predicted octanol–water partition coefficient (Wildman–Crippen LogP) is 2.61. The number of rotatable bonds is 4. The number of nitrogen functional groups attached to an aromatic ring is 1. The Morgan fingerprint density at radius 3 is 2.60 bits per heavy atom. The fourth-order valence-corrected chi connectivity index (χ4v) is 2.46. The van der Waals surface area contributed by atoms with Crippen LogP contribution in [0.3, 0.4) is 0 Å². The molecule has 0 aliphatic carbocycles. The van der Waals surface area contributed by atoms with Crippen LogP contribution in [0.25, 0.3) is 0 Å². The molecule has 0 bridgehead atoms. The Labute approximate surface area is 119 Å². The molecular formula is C15H22FN3O. The first-order chi connectivity index (χ1) is 9.65. The number of likely N-dealkylation sites (tertiary alicyclic amines) is 1. The van der Waals surface area contributed by atoms with Crippen molar-refractivity contribution >= 4 is 17.3 Å². The predicted molar refractivity (Wildman–Crippen MR) is 79.0 cm³/mol. The van der Waals surface area contributed by atoms with Crippen LogP contribution >= 0.6 is 0 Å². The highest BCUT2D eigenvalue weighted by Gasteiger charge is 2.11. The third-order valence-electron chi connectivity index (χ3n) is 3.63. The van der Waals surface area contributed by atoms with Crippen molar-refractivity contribution in [2.24, 2.45) is 0 Å². The number of amides is 1. The fourth-order valence-electron chi connectivity index (χ4n) is 2.46. The SMILES string of the molecule is Nc1cc(NC(=O)CCN2CCCCCC2)ccc1F. The second kappa shape index (κ2) is 7.24. The van der Waals surface area contributed by atoms with E-state index in [1.807, 2.05) is 0 Å². The van der Waals surface area contributed by atoms with Gasteiger partial charge in [0.1, 0.15) is 5.82 Å². The summed E-state index contributed by atoms with van der Waals surface area (Å²) >= 11 is 0. The number of hydrogen-bond acceptors (Lipinski definition) is 3. The highest BCUT2D eigenvalue weighted by atomic mass is 19.1. The lowest BCUT2D eigenvalue weighted by Gasteiger charge is -2.19. The summed E-state index contributed by atoms with van der Waals surface area (Å²) in [5, 5.41) is 2.75. The summed E-state index contributed by atoms with van der Waals surface area (Å²) in [6.07, 6.45) is 5.47. The van der Waals surface area contributed by atoms with E-state index in [1.54, 1.807) is 0 Å². The largest absolute Gasteiger partial charge is 0.396 e. The van der Waals surface area contributed by atoms with Crippen LogP contribution in [0.1, 0.15) is 32.1 Å². The van der Waals surface area contributed by atoms with Gasteiger partial charge in [-0.15, -0.1) is 0 Å². The first-order valence-corrected chi connectivity index (χ1v) is 7.22. The molecule has 1 saturated heterocycles. The van der Waals surface area contributed by atoms with E-state index in [2.05, 4.69) is 10.2 Å². The summed E-state index contributed by atoms with van der Waals surface area (Å²) in [7, 11) is 0. The van der Waals surface area contributed by atoms with Gasteiger partial charge in [-0.3, -0.25) is 4.79 Å². The number of nitrogens with zero attached hydrogens (tertiary/aromatic N) is 1. The number of nitrogens with one attached hydrogen (secondary N) is 1. The molecule has 110 valence electrons. The summed E-state index contributed by atoms with van der Waals surface area (Å²) in [5.74, 6) is -0.521. The number of carbonyl (C=O) groups excluding carboxylic acids is 1. The molecule has 0 aromatic heterocycles. The van der Waals surface area contributed by atoms with Crippen LogP contribution in [-0.4, -0.2) is 30.4 Å². The van der Waals surface area contributed by atoms with E-state index < -0.39 is 5.82 Å². The molecule has 0 spiro atoms. The van der Waals surface area contributed by atoms with E-state index >= 15 is 0 Å². The van der Waals surface area contributed by atoms with Crippen LogP contribution in [0.15, 0.2) is 18.2 Å². The van der Waals surface area contributed by atoms with E-state index in [0.29, 0.717) is 12.1 Å². The highest BCUT2D eigenvalue weighted by Crippen LogP contribution is 2.16. The van der Waals surface area contributed by atoms with Gasteiger partial charge in [0.05, 0.1) is 5.69 Å². The van der Waals surface area contributed by atoms with Gasteiger partial charge in [0.2, 0.25) is 5.91 Å². The molecule has 1 fully saturated rings. The zero-order chi connectivity index (χ0) is 14.4. The molecule has 0 radical (unpaired) electrons. The minimum atomic E-state index is -0.465. The quantitative estimate of drug-likeness (QED) is 0.833. The van der Waals surface area contributed by atoms with E-state index in [0.717, 1.165) is 19.6 Å². The van der Waals surface area contributed by atoms with Crippen LogP contribution in [0.4, 0.5) is 15.8 Å². The molecule has 1 aliphatic rings. The van der Waals surface area contributed by atoms with Gasteiger partial charge in [0, 0.05) is 18.7 Å². The third-order valence-corrected chi connectivity index (χ3v) is 3.63. The van der Waals surface area contributed by atoms with Crippen molar-refractivity contribution in [3.05, 3.63) is 24.0 Å². The fraction of sp³-hybridized carbons (Fsp3) is 0.533. The van der Waals surface area contributed by atoms with Crippen molar-refractivity contribution in [1.82, 2.24) is 4.90 Å². The Morgan fingerprint density at radius 1 is 1.25 bits per heavy atom. The van der Waals surface area contributed by atoms with Gasteiger partial charge in [-0.2, -0.15) is 0 Å². The van der Waals surface area contributed by atoms with Gasteiger partial charge in [-0.25, -0.2) is 4.39 Å². The van der Waals surface area contributed by atoms with Crippen LogP contribution in [0, 0.1) is 5.82 Å². The normalized spacial score (nSPS) is 16.6. The van der Waals surface area contributed by atoms with Crippen molar-refractivity contribution in [2.75, 3.05) is 30.7 Å². The molecule has 0 unspecified atom stereocenters. The average molecular weight is 279 g/mol. The zero-order valence-corrected chi connectivity index (χ0v) is 11.7. The maximum absolute atomic E-state index is 13.0. The van der Waals surface area contributed by atoms with Crippen molar-refractivity contribution in [2.45, 2.75) is 32.1 Å². The number of anilines is 2. The molecule has 20 heavy (non-hydrogen) atoms. The van der Waals surface area contributed by atoms with Crippen LogP contribution < -0.4 is 11.1 Å². The van der Waals surface area contributed by atoms with Gasteiger partial charge in [0.15, 0.2) is 0 Å². The lowest BCUT2D eigenvalue weighted by molar-refractivity contribution is -0.116. The standard InChI is InChI=1S/C15H22FN3O/c16-13-6-5-12(11-14(13)17)18-15(20)7-10-19-8-3-1-2-4-9-19/h5-6,11H,1-4,7-10,17H2,(H,18,20). The minimum absolute atomic E-state index is 0.0512. The molecular weight excluding hydrogens is 257 g/mol. The first-order valence-electron chi connectivity index (χ1n) is 7.22. The summed E-state index contributed by atoms with van der Waals surface area (Å²) in [4.78, 5) is 14.2. The van der Waals surface area contributed by atoms with E-state index in [1.165, 1.54) is 43.9 Å². The molecule has 4 nitrogen and oxygen atoms in total. The van der Waals surface area contributed by atoms with Gasteiger partial charge >= 0.3 is 0 Å². The van der Waals surface area contributed by atoms with E-state index in [4.69, 9.17) is 5.73 Å². The van der Waals surface area contributed by atoms with Crippen LogP contribution in [0.2, 0.25) is 0 Å². The maximum Gasteiger partial charge on any atom is 0.225 e. The van der Waals surface area contributed by atoms with Crippen LogP contribution in [-0.2, 0) is 4.79 Å². The first kappa shape index (κ1) is 14.8. The molecule has 0 saturated carbocycles. The lowest BCUT2D eigenvalue weighted by Crippen LogP contribution is -2.28. The summed E-state index contributed by atoms with van der Waals surface area (Å²) in [6.45, 7) is 2.94. The Bertz CT molecular complexity index is 456. The molecule has 1 aliphatic heterocycles. The molecule has 2 rings (SSSR count). The number of hydrogen-bond donors (Lipinski definition) is 2. The van der Waals surface area contributed by atoms with Crippen molar-refractivity contribution in [3.63, 3.8) is 0 Å². The van der Waals surface area contributed by atoms with Gasteiger partial charge < -0.3 is 16.0 Å². The lowest BCUT2D eigenvalue weighted by atomic mass is 10.2. The Balaban J connectivity index is 1.78. The molecule has 1 heterocycles. The molecule has 1 aromatic rings. The van der Waals surface area contributed by atoms with Crippen molar-refractivity contribution < 1.29 is 9.18 Å². The third kappa shape index (κ3) is 4.49. The van der Waals surface area contributed by atoms with Gasteiger partial charge in [-0.05, 0) is 44.1 Å². The van der Waals surface area contributed by atoms with E-state index in [9.17, 15) is 9.18 Å². The second-order valence-electron chi connectivity index (χ2n) is 5.29. The summed E-state index contributed by atoms with van der Waals surface area (Å²) in [6, 6.07) is 4.23. The molecule has 1 amide bonds. The minimum Gasteiger partial charge on any atom is -0.396 e. The Kier molecular flexibility index (Phi) is 5.35. The second-order valence-corrected chi connectivity index (χ2v) is 5.29. The smallest absolute Gasteiger partial charge is 0.225 e. The highest BCUT2D eigenvalue weighted by molar-refractivity contribution is 5.91. The Morgan fingerprint density at radius 2 is 1.95 bits per heavy atom. The van der Waals surface area contributed by atoms with Gasteiger partial charge in [-0.1, -0.05) is 12.8 Å².